The van der Waals surface area contributed by atoms with Crippen molar-refractivity contribution in [3.8, 4) is 17.2 Å². The lowest BCUT2D eigenvalue weighted by molar-refractivity contribution is 0.101. The first-order valence-electron chi connectivity index (χ1n) is 9.90. The number of carbonyl (C=O) groups is 2. The Balaban J connectivity index is 1.48. The lowest BCUT2D eigenvalue weighted by atomic mass is 10.1. The molecule has 0 radical (unpaired) electrons. The summed E-state index contributed by atoms with van der Waals surface area (Å²) < 4.78 is 11.5. The van der Waals surface area contributed by atoms with E-state index in [1.807, 2.05) is 12.1 Å². The molecular weight excluding hydrogens is 380 g/mol. The van der Waals surface area contributed by atoms with Crippen molar-refractivity contribution in [2.24, 2.45) is 0 Å². The summed E-state index contributed by atoms with van der Waals surface area (Å²) in [5.41, 5.74) is 1.96. The summed E-state index contributed by atoms with van der Waals surface area (Å²) in [4.78, 5) is 25.2. The molecule has 1 heterocycles. The average Bonchev–Trinajstić information content (AvgIpc) is 2.90. The van der Waals surface area contributed by atoms with Crippen LogP contribution in [0.4, 0.5) is 11.4 Å². The van der Waals surface area contributed by atoms with Gasteiger partial charge in [-0.2, -0.15) is 0 Å². The highest BCUT2D eigenvalue weighted by Crippen LogP contribution is 2.36. The average molecular weight is 402 g/mol. The van der Waals surface area contributed by atoms with Crippen molar-refractivity contribution in [3.63, 3.8) is 0 Å². The van der Waals surface area contributed by atoms with E-state index in [-0.39, 0.29) is 11.8 Å². The second kappa shape index (κ2) is 8.69. The van der Waals surface area contributed by atoms with Gasteiger partial charge in [-0.25, -0.2) is 0 Å². The lowest BCUT2D eigenvalue weighted by Crippen LogP contribution is -2.14. The SMILES string of the molecule is CCCCOc1ccc(C(=O)Nc2ccc3c(c2)C(=O)Nc2ccccc2O3)cc1. The molecule has 2 N–H and O–H groups in total. The molecule has 0 bridgehead atoms. The van der Waals surface area contributed by atoms with Gasteiger partial charge in [0.2, 0.25) is 0 Å². The Morgan fingerprint density at radius 3 is 2.63 bits per heavy atom. The van der Waals surface area contributed by atoms with Gasteiger partial charge in [0, 0.05) is 11.3 Å². The Kier molecular flexibility index (Phi) is 5.66. The van der Waals surface area contributed by atoms with Crippen molar-refractivity contribution in [2.45, 2.75) is 19.8 Å². The summed E-state index contributed by atoms with van der Waals surface area (Å²) >= 11 is 0. The Morgan fingerprint density at radius 2 is 1.83 bits per heavy atom. The highest BCUT2D eigenvalue weighted by atomic mass is 16.5. The monoisotopic (exact) mass is 402 g/mol. The zero-order valence-corrected chi connectivity index (χ0v) is 16.6. The third-order valence-corrected chi connectivity index (χ3v) is 4.72. The summed E-state index contributed by atoms with van der Waals surface area (Å²) in [7, 11) is 0. The number of ether oxygens (including phenoxy) is 2. The van der Waals surface area contributed by atoms with Gasteiger partial charge in [0.25, 0.3) is 11.8 Å². The Bertz CT molecular complexity index is 1080. The molecule has 0 fully saturated rings. The van der Waals surface area contributed by atoms with Crippen LogP contribution < -0.4 is 20.1 Å². The molecule has 6 heteroatoms. The second-order valence-corrected chi connectivity index (χ2v) is 6.94. The molecule has 0 saturated carbocycles. The van der Waals surface area contributed by atoms with Crippen molar-refractivity contribution in [1.82, 2.24) is 0 Å². The van der Waals surface area contributed by atoms with Crippen molar-refractivity contribution in [3.05, 3.63) is 77.9 Å². The Morgan fingerprint density at radius 1 is 1.03 bits per heavy atom. The number of benzene rings is 3. The minimum absolute atomic E-state index is 0.270. The molecule has 152 valence electrons. The first kappa shape index (κ1) is 19.5. The molecule has 0 spiro atoms. The predicted molar refractivity (Wildman–Crippen MR) is 116 cm³/mol. The van der Waals surface area contributed by atoms with Crippen LogP contribution >= 0.6 is 0 Å². The topological polar surface area (TPSA) is 76.7 Å². The summed E-state index contributed by atoms with van der Waals surface area (Å²) in [6.45, 7) is 2.76. The summed E-state index contributed by atoms with van der Waals surface area (Å²) in [6, 6.07) is 19.2. The molecule has 30 heavy (non-hydrogen) atoms. The van der Waals surface area contributed by atoms with Crippen LogP contribution in [0.25, 0.3) is 0 Å². The van der Waals surface area contributed by atoms with Gasteiger partial charge >= 0.3 is 0 Å². The van der Waals surface area contributed by atoms with E-state index in [0.29, 0.717) is 40.6 Å². The van der Waals surface area contributed by atoms with Crippen molar-refractivity contribution >= 4 is 23.2 Å². The van der Waals surface area contributed by atoms with E-state index >= 15 is 0 Å². The molecule has 0 saturated heterocycles. The molecule has 3 aromatic rings. The van der Waals surface area contributed by atoms with Crippen LogP contribution in [0.15, 0.2) is 66.7 Å². The molecule has 0 aromatic heterocycles. The number of nitrogens with one attached hydrogen (secondary N) is 2. The molecule has 6 nitrogen and oxygen atoms in total. The van der Waals surface area contributed by atoms with Crippen LogP contribution in [-0.2, 0) is 0 Å². The van der Waals surface area contributed by atoms with Gasteiger partial charge in [-0.1, -0.05) is 25.5 Å². The second-order valence-electron chi connectivity index (χ2n) is 6.94. The van der Waals surface area contributed by atoms with E-state index in [2.05, 4.69) is 17.6 Å². The third-order valence-electron chi connectivity index (χ3n) is 4.72. The van der Waals surface area contributed by atoms with Crippen molar-refractivity contribution < 1.29 is 19.1 Å². The maximum Gasteiger partial charge on any atom is 0.259 e. The zero-order chi connectivity index (χ0) is 20.9. The van der Waals surface area contributed by atoms with E-state index in [1.54, 1.807) is 54.6 Å². The number of hydrogen-bond donors (Lipinski definition) is 2. The standard InChI is InChI=1S/C24H22N2O4/c1-2-3-14-29-18-11-8-16(9-12-18)23(27)25-17-10-13-21-19(15-17)24(28)26-20-6-4-5-7-22(20)30-21/h4-13,15H,2-3,14H2,1H3,(H,25,27)(H,26,28). The number of unbranched alkanes of at least 4 members (excludes halogenated alkanes) is 1. The number of anilines is 2. The first-order valence-corrected chi connectivity index (χ1v) is 9.90. The van der Waals surface area contributed by atoms with Crippen LogP contribution in [0.1, 0.15) is 40.5 Å². The van der Waals surface area contributed by atoms with Gasteiger partial charge in [-0.05, 0) is 61.0 Å². The van der Waals surface area contributed by atoms with E-state index in [4.69, 9.17) is 9.47 Å². The molecule has 0 atom stereocenters. The number of para-hydroxylation sites is 2. The van der Waals surface area contributed by atoms with Gasteiger partial charge in [0.15, 0.2) is 5.75 Å². The minimum atomic E-state index is -0.292. The highest BCUT2D eigenvalue weighted by molar-refractivity contribution is 6.10. The normalized spacial score (nSPS) is 12.0. The molecule has 1 aliphatic rings. The maximum atomic E-state index is 12.6. The Labute approximate surface area is 174 Å². The van der Waals surface area contributed by atoms with Crippen molar-refractivity contribution in [2.75, 3.05) is 17.2 Å². The van der Waals surface area contributed by atoms with Gasteiger partial charge in [-0.3, -0.25) is 9.59 Å². The predicted octanol–water partition coefficient (Wildman–Crippen LogP) is 5.48. The van der Waals surface area contributed by atoms with E-state index in [1.165, 1.54) is 0 Å². The number of fused-ring (bicyclic) bond motifs is 2. The third kappa shape index (κ3) is 4.27. The first-order chi connectivity index (χ1) is 14.6. The largest absolute Gasteiger partial charge is 0.494 e. The molecule has 4 rings (SSSR count). The molecular formula is C24H22N2O4. The fourth-order valence-corrected chi connectivity index (χ4v) is 3.08. The molecule has 2 amide bonds. The maximum absolute atomic E-state index is 12.6. The van der Waals surface area contributed by atoms with Crippen LogP contribution in [0.2, 0.25) is 0 Å². The molecule has 1 aliphatic heterocycles. The fourth-order valence-electron chi connectivity index (χ4n) is 3.08. The lowest BCUT2D eigenvalue weighted by Gasteiger charge is -2.10. The molecule has 0 aliphatic carbocycles. The minimum Gasteiger partial charge on any atom is -0.494 e. The number of carbonyl (C=O) groups excluding carboxylic acids is 2. The van der Waals surface area contributed by atoms with Crippen LogP contribution in [0, 0.1) is 0 Å². The fraction of sp³-hybridized carbons (Fsp3) is 0.167. The number of rotatable bonds is 6. The summed E-state index contributed by atoms with van der Waals surface area (Å²) in [5.74, 6) is 1.18. The van der Waals surface area contributed by atoms with Crippen LogP contribution in [-0.4, -0.2) is 18.4 Å². The van der Waals surface area contributed by atoms with Gasteiger partial charge in [0.1, 0.15) is 11.5 Å². The quantitative estimate of drug-likeness (QED) is 0.536. The van der Waals surface area contributed by atoms with E-state index in [0.717, 1.165) is 18.6 Å². The zero-order valence-electron chi connectivity index (χ0n) is 16.6. The Hall–Kier alpha value is -3.80. The molecule has 3 aromatic carbocycles. The summed E-state index contributed by atoms with van der Waals surface area (Å²) in [6.07, 6.45) is 2.05. The molecule has 0 unspecified atom stereocenters. The van der Waals surface area contributed by atoms with E-state index < -0.39 is 0 Å². The van der Waals surface area contributed by atoms with Gasteiger partial charge in [-0.15, -0.1) is 0 Å². The van der Waals surface area contributed by atoms with Gasteiger partial charge < -0.3 is 20.1 Å². The number of hydrogen-bond acceptors (Lipinski definition) is 4. The summed E-state index contributed by atoms with van der Waals surface area (Å²) in [5, 5.41) is 5.65. The van der Waals surface area contributed by atoms with Crippen molar-refractivity contribution in [1.29, 1.82) is 0 Å². The highest BCUT2D eigenvalue weighted by Gasteiger charge is 2.21. The van der Waals surface area contributed by atoms with Crippen LogP contribution in [0.5, 0.6) is 17.2 Å². The van der Waals surface area contributed by atoms with Gasteiger partial charge in [0.05, 0.1) is 17.9 Å². The smallest absolute Gasteiger partial charge is 0.259 e. The van der Waals surface area contributed by atoms with Crippen LogP contribution in [0.3, 0.4) is 0 Å². The van der Waals surface area contributed by atoms with E-state index in [9.17, 15) is 9.59 Å². The number of amides is 2.